The number of ether oxygens (including phenoxy) is 1. The molecule has 82 heavy (non-hydrogen) atoms. The summed E-state index contributed by atoms with van der Waals surface area (Å²) in [7, 11) is 0. The van der Waals surface area contributed by atoms with Crippen LogP contribution < -0.4 is 5.32 Å². The van der Waals surface area contributed by atoms with Crippen LogP contribution in [0.5, 0.6) is 0 Å². The Morgan fingerprint density at radius 1 is 0.341 bits per heavy atom. The zero-order valence-electron chi connectivity index (χ0n) is 55.2. The molecule has 0 rings (SSSR count). The highest BCUT2D eigenvalue weighted by molar-refractivity contribution is 5.76. The van der Waals surface area contributed by atoms with Crippen molar-refractivity contribution < 1.29 is 24.5 Å². The van der Waals surface area contributed by atoms with Crippen LogP contribution in [0.3, 0.4) is 0 Å². The van der Waals surface area contributed by atoms with Gasteiger partial charge in [0.2, 0.25) is 5.91 Å². The summed E-state index contributed by atoms with van der Waals surface area (Å²) in [5.74, 6) is -0.0567. The van der Waals surface area contributed by atoms with Crippen molar-refractivity contribution in [2.45, 2.75) is 411 Å². The molecule has 2 atom stereocenters. The first-order valence-electron chi connectivity index (χ1n) is 36.9. The highest BCUT2D eigenvalue weighted by Crippen LogP contribution is 2.18. The smallest absolute Gasteiger partial charge is 0.305 e. The lowest BCUT2D eigenvalue weighted by Gasteiger charge is -2.20. The number of allylic oxidation sites excluding steroid dienone is 7. The molecule has 0 aromatic rings. The third-order valence-corrected chi connectivity index (χ3v) is 17.1. The van der Waals surface area contributed by atoms with Crippen LogP contribution in [0.25, 0.3) is 0 Å². The molecule has 2 unspecified atom stereocenters. The number of amides is 1. The second-order valence-corrected chi connectivity index (χ2v) is 25.3. The van der Waals surface area contributed by atoms with Crippen molar-refractivity contribution in [3.8, 4) is 0 Å². The van der Waals surface area contributed by atoms with Gasteiger partial charge in [0, 0.05) is 12.8 Å². The van der Waals surface area contributed by atoms with E-state index in [1.165, 1.54) is 321 Å². The number of carbonyl (C=O) groups is 2. The second-order valence-electron chi connectivity index (χ2n) is 25.3. The molecular formula is C76H143NO5. The number of unbranched alkanes of at least 4 members (excludes halogenated alkanes) is 52. The number of hydrogen-bond acceptors (Lipinski definition) is 5. The number of carbonyl (C=O) groups excluding carboxylic acids is 2. The Bertz CT molecular complexity index is 1370. The molecule has 0 bridgehead atoms. The van der Waals surface area contributed by atoms with Crippen LogP contribution in [0, 0.1) is 0 Å². The molecule has 0 aliphatic heterocycles. The van der Waals surface area contributed by atoms with Crippen molar-refractivity contribution in [1.82, 2.24) is 5.32 Å². The van der Waals surface area contributed by atoms with Crippen LogP contribution in [0.1, 0.15) is 399 Å². The van der Waals surface area contributed by atoms with E-state index in [2.05, 4.69) is 55.6 Å². The lowest BCUT2D eigenvalue weighted by atomic mass is 10.0. The first-order valence-corrected chi connectivity index (χ1v) is 36.9. The fourth-order valence-corrected chi connectivity index (χ4v) is 11.4. The number of esters is 1. The average molecular weight is 1150 g/mol. The molecular weight excluding hydrogens is 1010 g/mol. The van der Waals surface area contributed by atoms with E-state index in [-0.39, 0.29) is 18.5 Å². The third kappa shape index (κ3) is 67.0. The van der Waals surface area contributed by atoms with Crippen molar-refractivity contribution in [3.63, 3.8) is 0 Å². The molecule has 0 aliphatic carbocycles. The summed E-state index contributed by atoms with van der Waals surface area (Å²) >= 11 is 0. The number of rotatable bonds is 69. The van der Waals surface area contributed by atoms with Crippen molar-refractivity contribution in [2.24, 2.45) is 0 Å². The Kier molecular flexibility index (Phi) is 69.4. The standard InChI is InChI=1S/C76H143NO5/c1-3-5-7-9-11-13-15-17-19-21-22-33-37-40-44-48-52-56-60-64-68-74(79)73(72-78)77-75(80)69-65-61-57-53-49-45-41-38-34-31-29-27-25-23-24-26-28-30-32-35-39-43-47-51-55-59-63-67-71-82-76(81)70-66-62-58-54-50-46-42-36-20-18-16-14-12-10-8-6-4-2/h12,14,18,20,23-24,64,68,73-74,78-79H,3-11,13,15-17,19,21-22,25-63,65-67,69-72H2,1-2H3,(H,77,80)/b14-12-,20-18-,24-23-,68-64+. The summed E-state index contributed by atoms with van der Waals surface area (Å²) in [6.07, 6.45) is 93.4. The molecule has 0 aliphatic rings. The van der Waals surface area contributed by atoms with Gasteiger partial charge in [-0.2, -0.15) is 0 Å². The summed E-state index contributed by atoms with van der Waals surface area (Å²) in [6.45, 7) is 4.91. The highest BCUT2D eigenvalue weighted by atomic mass is 16.5. The largest absolute Gasteiger partial charge is 0.466 e. The normalized spacial score (nSPS) is 12.8. The van der Waals surface area contributed by atoms with E-state index in [4.69, 9.17) is 4.74 Å². The van der Waals surface area contributed by atoms with E-state index in [0.717, 1.165) is 51.4 Å². The van der Waals surface area contributed by atoms with Crippen LogP contribution in [-0.2, 0) is 14.3 Å². The van der Waals surface area contributed by atoms with Gasteiger partial charge in [-0.3, -0.25) is 9.59 Å². The van der Waals surface area contributed by atoms with Crippen LogP contribution >= 0.6 is 0 Å². The molecule has 0 heterocycles. The molecule has 0 fully saturated rings. The van der Waals surface area contributed by atoms with Gasteiger partial charge in [-0.15, -0.1) is 0 Å². The molecule has 0 saturated heterocycles. The van der Waals surface area contributed by atoms with Crippen molar-refractivity contribution in [2.75, 3.05) is 13.2 Å². The second kappa shape index (κ2) is 71.3. The molecule has 0 spiro atoms. The topological polar surface area (TPSA) is 95.9 Å². The minimum atomic E-state index is -0.846. The Balaban J connectivity index is 3.40. The summed E-state index contributed by atoms with van der Waals surface area (Å²) in [4.78, 5) is 24.6. The fourth-order valence-electron chi connectivity index (χ4n) is 11.4. The van der Waals surface area contributed by atoms with E-state index in [1.54, 1.807) is 6.08 Å². The maximum atomic E-state index is 12.5. The van der Waals surface area contributed by atoms with Crippen LogP contribution in [0.2, 0.25) is 0 Å². The third-order valence-electron chi connectivity index (χ3n) is 17.1. The SMILES string of the molecule is CCCCC/C=C\C/C=C\CCCCCCCCCC(=O)OCCCCCCCCCCCCCC/C=C\CCCCCCCCCCCCCCC(=O)NC(CO)C(O)/C=C/CCCCCCCCCCCCCCCCCCCC. The van der Waals surface area contributed by atoms with Gasteiger partial charge in [0.25, 0.3) is 0 Å². The lowest BCUT2D eigenvalue weighted by molar-refractivity contribution is -0.143. The van der Waals surface area contributed by atoms with E-state index in [0.29, 0.717) is 19.4 Å². The molecule has 0 saturated carbocycles. The fraction of sp³-hybridized carbons (Fsp3) is 0.868. The predicted octanol–water partition coefficient (Wildman–Crippen LogP) is 24.0. The van der Waals surface area contributed by atoms with Crippen molar-refractivity contribution in [1.29, 1.82) is 0 Å². The quantitative estimate of drug-likeness (QED) is 0.0320. The van der Waals surface area contributed by atoms with Gasteiger partial charge < -0.3 is 20.3 Å². The average Bonchev–Trinajstić information content (AvgIpc) is 3.48. The van der Waals surface area contributed by atoms with Crippen LogP contribution in [0.15, 0.2) is 48.6 Å². The van der Waals surface area contributed by atoms with E-state index in [1.807, 2.05) is 6.08 Å². The number of nitrogens with one attached hydrogen (secondary N) is 1. The number of aliphatic hydroxyl groups excluding tert-OH is 2. The first-order chi connectivity index (χ1) is 40.5. The minimum absolute atomic E-state index is 0.00800. The Hall–Kier alpha value is -2.18. The van der Waals surface area contributed by atoms with E-state index in [9.17, 15) is 19.8 Å². The molecule has 3 N–H and O–H groups in total. The molecule has 1 amide bonds. The molecule has 0 radical (unpaired) electrons. The van der Waals surface area contributed by atoms with Crippen molar-refractivity contribution >= 4 is 11.9 Å². The predicted molar refractivity (Wildman–Crippen MR) is 361 cm³/mol. The van der Waals surface area contributed by atoms with Gasteiger partial charge in [0.05, 0.1) is 25.4 Å². The molecule has 482 valence electrons. The van der Waals surface area contributed by atoms with Gasteiger partial charge in [0.1, 0.15) is 0 Å². The van der Waals surface area contributed by atoms with Crippen molar-refractivity contribution in [3.05, 3.63) is 48.6 Å². The van der Waals surface area contributed by atoms with Gasteiger partial charge in [0.15, 0.2) is 0 Å². The van der Waals surface area contributed by atoms with Gasteiger partial charge in [-0.05, 0) is 89.9 Å². The van der Waals surface area contributed by atoms with E-state index >= 15 is 0 Å². The molecule has 6 heteroatoms. The first kappa shape index (κ1) is 79.8. The zero-order chi connectivity index (χ0) is 59.2. The maximum absolute atomic E-state index is 12.5. The van der Waals surface area contributed by atoms with Gasteiger partial charge in [-0.1, -0.05) is 345 Å². The summed E-state index contributed by atoms with van der Waals surface area (Å²) in [5, 5.41) is 23.3. The Morgan fingerprint density at radius 2 is 0.610 bits per heavy atom. The molecule has 6 nitrogen and oxygen atoms in total. The van der Waals surface area contributed by atoms with E-state index < -0.39 is 12.1 Å². The summed E-state index contributed by atoms with van der Waals surface area (Å²) < 4.78 is 5.50. The minimum Gasteiger partial charge on any atom is -0.466 e. The lowest BCUT2D eigenvalue weighted by Crippen LogP contribution is -2.45. The molecule has 0 aromatic carbocycles. The zero-order valence-corrected chi connectivity index (χ0v) is 55.2. The number of aliphatic hydroxyl groups is 2. The Morgan fingerprint density at radius 3 is 0.963 bits per heavy atom. The Labute approximate surface area is 512 Å². The molecule has 0 aromatic heterocycles. The summed E-state index contributed by atoms with van der Waals surface area (Å²) in [6, 6.07) is -0.629. The van der Waals surface area contributed by atoms with Gasteiger partial charge in [-0.25, -0.2) is 0 Å². The van der Waals surface area contributed by atoms with Crippen LogP contribution in [0.4, 0.5) is 0 Å². The number of hydrogen-bond donors (Lipinski definition) is 3. The highest BCUT2D eigenvalue weighted by Gasteiger charge is 2.18. The van der Waals surface area contributed by atoms with Crippen LogP contribution in [-0.4, -0.2) is 47.4 Å². The maximum Gasteiger partial charge on any atom is 0.305 e. The summed E-state index contributed by atoms with van der Waals surface area (Å²) in [5.41, 5.74) is 0. The monoisotopic (exact) mass is 1150 g/mol. The van der Waals surface area contributed by atoms with Gasteiger partial charge >= 0.3 is 5.97 Å².